The highest BCUT2D eigenvalue weighted by atomic mass is 35.5. The van der Waals surface area contributed by atoms with Crippen LogP contribution in [0.1, 0.15) is 23.2 Å². The molecule has 1 fully saturated rings. The van der Waals surface area contributed by atoms with Gasteiger partial charge in [-0.15, -0.1) is 0 Å². The second-order valence-electron chi connectivity index (χ2n) is 6.29. The topological polar surface area (TPSA) is 42.4 Å². The monoisotopic (exact) mass is 408 g/mol. The standard InChI is InChI=1S/C19H15ClF2N2O2S/c20-12-4-1-3-11(7-12)18(25)24(10-14-5-2-6-26-14)19-23-17-15(22)8-13(21)9-16(17)27-19/h1,3-4,7-9,14H,2,5-6,10H2. The second kappa shape index (κ2) is 7.50. The first-order valence-electron chi connectivity index (χ1n) is 8.46. The van der Waals surface area contributed by atoms with Gasteiger partial charge in [-0.2, -0.15) is 0 Å². The summed E-state index contributed by atoms with van der Waals surface area (Å²) in [5.74, 6) is -1.74. The Morgan fingerprint density at radius 3 is 2.93 bits per heavy atom. The van der Waals surface area contributed by atoms with Crippen LogP contribution in [0, 0.1) is 11.6 Å². The number of nitrogens with zero attached hydrogens (tertiary/aromatic N) is 2. The van der Waals surface area contributed by atoms with Crippen LogP contribution >= 0.6 is 22.9 Å². The number of aromatic nitrogens is 1. The summed E-state index contributed by atoms with van der Waals surface area (Å²) in [6.45, 7) is 0.929. The number of thiazole rings is 1. The smallest absolute Gasteiger partial charge is 0.260 e. The zero-order chi connectivity index (χ0) is 19.0. The number of anilines is 1. The first-order valence-corrected chi connectivity index (χ1v) is 9.65. The van der Waals surface area contributed by atoms with Gasteiger partial charge in [0.25, 0.3) is 5.91 Å². The number of hydrogen-bond donors (Lipinski definition) is 0. The molecule has 0 saturated carbocycles. The molecule has 2 aromatic carbocycles. The molecular formula is C19H15ClF2N2O2S. The summed E-state index contributed by atoms with van der Waals surface area (Å²) in [6, 6.07) is 8.60. The minimum absolute atomic E-state index is 0.0487. The molecule has 2 heterocycles. The van der Waals surface area contributed by atoms with Gasteiger partial charge in [-0.3, -0.25) is 9.69 Å². The van der Waals surface area contributed by atoms with Crippen LogP contribution in [0.4, 0.5) is 13.9 Å². The third-order valence-electron chi connectivity index (χ3n) is 4.36. The average Bonchev–Trinajstić information content (AvgIpc) is 3.28. The molecule has 8 heteroatoms. The molecule has 1 amide bonds. The minimum Gasteiger partial charge on any atom is -0.376 e. The largest absolute Gasteiger partial charge is 0.376 e. The number of hydrogen-bond acceptors (Lipinski definition) is 4. The van der Waals surface area contributed by atoms with Crippen molar-refractivity contribution < 1.29 is 18.3 Å². The lowest BCUT2D eigenvalue weighted by Crippen LogP contribution is -2.37. The third kappa shape index (κ3) is 3.81. The number of rotatable bonds is 4. The summed E-state index contributed by atoms with van der Waals surface area (Å²) in [5, 5.41) is 0.741. The van der Waals surface area contributed by atoms with Crippen LogP contribution in [0.3, 0.4) is 0 Å². The summed E-state index contributed by atoms with van der Waals surface area (Å²) in [7, 11) is 0. The number of fused-ring (bicyclic) bond motifs is 1. The van der Waals surface area contributed by atoms with Crippen molar-refractivity contribution in [2.24, 2.45) is 0 Å². The Morgan fingerprint density at radius 1 is 1.33 bits per heavy atom. The van der Waals surface area contributed by atoms with E-state index in [1.807, 2.05) is 0 Å². The van der Waals surface area contributed by atoms with E-state index in [-0.39, 0.29) is 24.1 Å². The molecule has 4 rings (SSSR count). The van der Waals surface area contributed by atoms with E-state index in [1.54, 1.807) is 24.3 Å². The van der Waals surface area contributed by atoms with Crippen LogP contribution in [-0.4, -0.2) is 30.1 Å². The SMILES string of the molecule is O=C(c1cccc(Cl)c1)N(CC1CCCO1)c1nc2c(F)cc(F)cc2s1. The Kier molecular flexibility index (Phi) is 5.08. The van der Waals surface area contributed by atoms with Crippen molar-refractivity contribution in [3.05, 3.63) is 58.6 Å². The number of ether oxygens (including phenoxy) is 1. The highest BCUT2D eigenvalue weighted by Gasteiger charge is 2.27. The number of benzene rings is 2. The summed E-state index contributed by atoms with van der Waals surface area (Å²) < 4.78 is 33.6. The highest BCUT2D eigenvalue weighted by molar-refractivity contribution is 7.22. The van der Waals surface area contributed by atoms with Crippen LogP contribution in [0.5, 0.6) is 0 Å². The van der Waals surface area contributed by atoms with Crippen molar-refractivity contribution in [1.29, 1.82) is 0 Å². The van der Waals surface area contributed by atoms with Crippen molar-refractivity contribution in [2.75, 3.05) is 18.1 Å². The molecule has 1 atom stereocenters. The fourth-order valence-corrected chi connectivity index (χ4v) is 4.28. The average molecular weight is 409 g/mol. The van der Waals surface area contributed by atoms with E-state index in [4.69, 9.17) is 16.3 Å². The molecule has 0 spiro atoms. The minimum atomic E-state index is -0.750. The Bertz CT molecular complexity index is 1000. The first kappa shape index (κ1) is 18.3. The molecule has 0 aliphatic carbocycles. The zero-order valence-electron chi connectivity index (χ0n) is 14.1. The first-order chi connectivity index (χ1) is 13.0. The number of carbonyl (C=O) groups excluding carboxylic acids is 1. The molecule has 27 heavy (non-hydrogen) atoms. The predicted octanol–water partition coefficient (Wildman–Crippen LogP) is 5.05. The van der Waals surface area contributed by atoms with Crippen molar-refractivity contribution in [1.82, 2.24) is 4.98 Å². The van der Waals surface area contributed by atoms with Gasteiger partial charge in [0.15, 0.2) is 10.9 Å². The Labute approximate surface area is 163 Å². The van der Waals surface area contributed by atoms with E-state index in [2.05, 4.69) is 4.98 Å². The molecule has 140 valence electrons. The quantitative estimate of drug-likeness (QED) is 0.606. The van der Waals surface area contributed by atoms with E-state index in [0.29, 0.717) is 27.0 Å². The zero-order valence-corrected chi connectivity index (χ0v) is 15.7. The van der Waals surface area contributed by atoms with Gasteiger partial charge < -0.3 is 4.74 Å². The number of carbonyl (C=O) groups is 1. The van der Waals surface area contributed by atoms with Crippen molar-refractivity contribution in [3.63, 3.8) is 0 Å². The molecule has 1 unspecified atom stereocenters. The van der Waals surface area contributed by atoms with Gasteiger partial charge in [0.1, 0.15) is 11.3 Å². The number of amides is 1. The van der Waals surface area contributed by atoms with E-state index in [1.165, 1.54) is 11.0 Å². The lowest BCUT2D eigenvalue weighted by atomic mass is 10.2. The Morgan fingerprint density at radius 2 is 2.19 bits per heavy atom. The van der Waals surface area contributed by atoms with Gasteiger partial charge in [0.05, 0.1) is 17.3 Å². The highest BCUT2D eigenvalue weighted by Crippen LogP contribution is 2.33. The van der Waals surface area contributed by atoms with Crippen LogP contribution in [0.2, 0.25) is 5.02 Å². The van der Waals surface area contributed by atoms with Crippen LogP contribution in [-0.2, 0) is 4.74 Å². The fourth-order valence-electron chi connectivity index (χ4n) is 3.08. The fraction of sp³-hybridized carbons (Fsp3) is 0.263. The third-order valence-corrected chi connectivity index (χ3v) is 5.62. The molecule has 0 bridgehead atoms. The van der Waals surface area contributed by atoms with E-state index < -0.39 is 11.6 Å². The lowest BCUT2D eigenvalue weighted by Gasteiger charge is -2.23. The molecule has 3 aromatic rings. The molecule has 1 aromatic heterocycles. The van der Waals surface area contributed by atoms with Gasteiger partial charge in [0, 0.05) is 23.3 Å². The second-order valence-corrected chi connectivity index (χ2v) is 7.74. The van der Waals surface area contributed by atoms with Crippen LogP contribution < -0.4 is 4.90 Å². The molecule has 1 saturated heterocycles. The van der Waals surface area contributed by atoms with Crippen LogP contribution in [0.25, 0.3) is 10.2 Å². The summed E-state index contributed by atoms with van der Waals surface area (Å²) >= 11 is 7.08. The molecular weight excluding hydrogens is 394 g/mol. The predicted molar refractivity (Wildman–Crippen MR) is 102 cm³/mol. The van der Waals surface area contributed by atoms with Gasteiger partial charge in [0.2, 0.25) is 0 Å². The maximum Gasteiger partial charge on any atom is 0.260 e. The molecule has 0 N–H and O–H groups in total. The Hall–Kier alpha value is -2.09. The molecule has 0 radical (unpaired) electrons. The summed E-state index contributed by atoms with van der Waals surface area (Å²) in [4.78, 5) is 18.8. The van der Waals surface area contributed by atoms with Crippen molar-refractivity contribution in [2.45, 2.75) is 18.9 Å². The normalized spacial score (nSPS) is 16.8. The van der Waals surface area contributed by atoms with Crippen molar-refractivity contribution >= 4 is 44.2 Å². The molecule has 4 nitrogen and oxygen atoms in total. The lowest BCUT2D eigenvalue weighted by molar-refractivity contribution is 0.0917. The number of halogens is 3. The maximum absolute atomic E-state index is 14.1. The van der Waals surface area contributed by atoms with E-state index in [9.17, 15) is 13.6 Å². The molecule has 1 aliphatic heterocycles. The summed E-state index contributed by atoms with van der Waals surface area (Å²) in [5.41, 5.74) is 0.444. The van der Waals surface area contributed by atoms with Gasteiger partial charge >= 0.3 is 0 Å². The van der Waals surface area contributed by atoms with Crippen LogP contribution in [0.15, 0.2) is 36.4 Å². The van der Waals surface area contributed by atoms with Gasteiger partial charge in [-0.25, -0.2) is 13.8 Å². The van der Waals surface area contributed by atoms with E-state index in [0.717, 1.165) is 30.2 Å². The summed E-state index contributed by atoms with van der Waals surface area (Å²) in [6.07, 6.45) is 1.62. The van der Waals surface area contributed by atoms with Crippen molar-refractivity contribution in [3.8, 4) is 0 Å². The van der Waals surface area contributed by atoms with E-state index >= 15 is 0 Å². The van der Waals surface area contributed by atoms with Gasteiger partial charge in [-0.1, -0.05) is 29.0 Å². The van der Waals surface area contributed by atoms with Gasteiger partial charge in [-0.05, 0) is 37.1 Å². The maximum atomic E-state index is 14.1. The molecule has 1 aliphatic rings. The Balaban J connectivity index is 1.75.